The molecule has 2 aliphatic rings. The van der Waals surface area contributed by atoms with Gasteiger partial charge in [-0.25, -0.2) is 9.97 Å². The second-order valence-corrected chi connectivity index (χ2v) is 8.73. The number of carbonyl (C=O) groups is 2. The first-order chi connectivity index (χ1) is 14.5. The predicted molar refractivity (Wildman–Crippen MR) is 115 cm³/mol. The van der Waals surface area contributed by atoms with Crippen LogP contribution < -0.4 is 5.32 Å². The van der Waals surface area contributed by atoms with Gasteiger partial charge in [0.2, 0.25) is 5.91 Å². The first kappa shape index (κ1) is 20.5. The molecule has 1 aliphatic carbocycles. The van der Waals surface area contributed by atoms with E-state index in [1.54, 1.807) is 0 Å². The Labute approximate surface area is 178 Å². The van der Waals surface area contributed by atoms with Crippen molar-refractivity contribution in [2.75, 3.05) is 13.1 Å². The Morgan fingerprint density at radius 1 is 1.10 bits per heavy atom. The fourth-order valence-corrected chi connectivity index (χ4v) is 4.75. The topological polar surface area (TPSA) is 75.2 Å². The van der Waals surface area contributed by atoms with E-state index in [9.17, 15) is 9.59 Å². The smallest absolute Gasteiger partial charge is 0.272 e. The van der Waals surface area contributed by atoms with Gasteiger partial charge in [-0.1, -0.05) is 30.3 Å². The van der Waals surface area contributed by atoms with Crippen LogP contribution >= 0.6 is 0 Å². The van der Waals surface area contributed by atoms with Crippen molar-refractivity contribution in [3.8, 4) is 0 Å². The summed E-state index contributed by atoms with van der Waals surface area (Å²) in [7, 11) is 0. The fraction of sp³-hybridized carbons (Fsp3) is 0.500. The van der Waals surface area contributed by atoms with Gasteiger partial charge in [0.1, 0.15) is 12.0 Å². The highest BCUT2D eigenvalue weighted by molar-refractivity contribution is 5.93. The van der Waals surface area contributed by atoms with E-state index in [4.69, 9.17) is 0 Å². The molecule has 1 saturated carbocycles. The summed E-state index contributed by atoms with van der Waals surface area (Å²) in [5, 5.41) is 3.28. The number of nitrogens with one attached hydrogen (secondary N) is 1. The molecule has 2 amide bonds. The number of hydrogen-bond acceptors (Lipinski definition) is 4. The van der Waals surface area contributed by atoms with E-state index in [2.05, 4.69) is 27.4 Å². The third-order valence-corrected chi connectivity index (χ3v) is 7.07. The lowest BCUT2D eigenvalue weighted by molar-refractivity contribution is -0.125. The van der Waals surface area contributed by atoms with Gasteiger partial charge in [-0.05, 0) is 56.9 Å². The maximum atomic E-state index is 12.9. The molecule has 1 aliphatic heterocycles. The van der Waals surface area contributed by atoms with Gasteiger partial charge in [-0.15, -0.1) is 0 Å². The van der Waals surface area contributed by atoms with Crippen LogP contribution in [-0.4, -0.2) is 45.8 Å². The molecule has 6 heteroatoms. The van der Waals surface area contributed by atoms with Crippen molar-refractivity contribution in [1.29, 1.82) is 0 Å². The van der Waals surface area contributed by atoms with E-state index in [0.29, 0.717) is 12.1 Å². The third-order valence-electron chi connectivity index (χ3n) is 7.07. The maximum Gasteiger partial charge on any atom is 0.272 e. The molecule has 6 nitrogen and oxygen atoms in total. The number of piperidine rings is 1. The number of carbonyl (C=O) groups excluding carboxylic acids is 2. The van der Waals surface area contributed by atoms with Crippen LogP contribution in [0.25, 0.3) is 0 Å². The van der Waals surface area contributed by atoms with Crippen molar-refractivity contribution >= 4 is 11.8 Å². The molecule has 1 saturated heterocycles. The molecule has 1 N–H and O–H groups in total. The molecule has 30 heavy (non-hydrogen) atoms. The SMILES string of the molecule is Cc1ncnc(C(=O)N2CCC3(CCC3NC(=O)CCc3ccccc3)CC2)c1C. The molecular formula is C24H30N4O2. The van der Waals surface area contributed by atoms with Gasteiger partial charge in [-0.2, -0.15) is 0 Å². The highest BCUT2D eigenvalue weighted by atomic mass is 16.2. The number of likely N-dealkylation sites (tertiary alicyclic amines) is 1. The third kappa shape index (κ3) is 4.09. The summed E-state index contributed by atoms with van der Waals surface area (Å²) < 4.78 is 0. The van der Waals surface area contributed by atoms with Gasteiger partial charge in [0.15, 0.2) is 0 Å². The molecule has 2 aromatic rings. The minimum atomic E-state index is -0.00406. The van der Waals surface area contributed by atoms with Crippen molar-refractivity contribution < 1.29 is 9.59 Å². The predicted octanol–water partition coefficient (Wildman–Crippen LogP) is 3.23. The first-order valence-electron chi connectivity index (χ1n) is 10.9. The highest BCUT2D eigenvalue weighted by Crippen LogP contribution is 2.49. The van der Waals surface area contributed by atoms with E-state index in [1.807, 2.05) is 36.9 Å². The quantitative estimate of drug-likeness (QED) is 0.827. The van der Waals surface area contributed by atoms with Crippen molar-refractivity contribution in [2.24, 2.45) is 5.41 Å². The van der Waals surface area contributed by atoms with Crippen LogP contribution in [0.4, 0.5) is 0 Å². The molecule has 1 aromatic heterocycles. The lowest BCUT2D eigenvalue weighted by Gasteiger charge is -2.54. The van der Waals surface area contributed by atoms with Crippen LogP contribution in [0.2, 0.25) is 0 Å². The van der Waals surface area contributed by atoms with Crippen molar-refractivity contribution in [1.82, 2.24) is 20.2 Å². The maximum absolute atomic E-state index is 12.9. The second kappa shape index (κ2) is 8.54. The van der Waals surface area contributed by atoms with Crippen LogP contribution in [0.5, 0.6) is 0 Å². The average molecular weight is 407 g/mol. The molecule has 1 aromatic carbocycles. The van der Waals surface area contributed by atoms with Crippen LogP contribution in [0.1, 0.15) is 59.4 Å². The monoisotopic (exact) mass is 406 g/mol. The number of nitrogens with zero attached hydrogens (tertiary/aromatic N) is 3. The Hall–Kier alpha value is -2.76. The lowest BCUT2D eigenvalue weighted by atomic mass is 9.59. The molecule has 1 spiro atoms. The summed E-state index contributed by atoms with van der Waals surface area (Å²) in [5.74, 6) is 0.129. The van der Waals surface area contributed by atoms with E-state index >= 15 is 0 Å². The number of rotatable bonds is 5. The van der Waals surface area contributed by atoms with E-state index in [-0.39, 0.29) is 23.3 Å². The molecule has 0 bridgehead atoms. The summed E-state index contributed by atoms with van der Waals surface area (Å²) in [4.78, 5) is 35.7. The zero-order valence-electron chi connectivity index (χ0n) is 17.9. The number of amides is 2. The van der Waals surface area contributed by atoms with Gasteiger partial charge < -0.3 is 10.2 Å². The Morgan fingerprint density at radius 3 is 2.50 bits per heavy atom. The largest absolute Gasteiger partial charge is 0.353 e. The minimum absolute atomic E-state index is 0.00406. The van der Waals surface area contributed by atoms with Crippen molar-refractivity contribution in [2.45, 2.75) is 58.4 Å². The Kier molecular flexibility index (Phi) is 5.84. The van der Waals surface area contributed by atoms with Gasteiger partial charge in [0.25, 0.3) is 5.91 Å². The Morgan fingerprint density at radius 2 is 1.83 bits per heavy atom. The van der Waals surface area contributed by atoms with Crippen LogP contribution in [0, 0.1) is 19.3 Å². The molecule has 2 fully saturated rings. The van der Waals surface area contributed by atoms with Crippen LogP contribution in [-0.2, 0) is 11.2 Å². The van der Waals surface area contributed by atoms with Crippen LogP contribution in [0.3, 0.4) is 0 Å². The van der Waals surface area contributed by atoms with Crippen molar-refractivity contribution in [3.63, 3.8) is 0 Å². The second-order valence-electron chi connectivity index (χ2n) is 8.73. The van der Waals surface area contributed by atoms with Gasteiger partial charge >= 0.3 is 0 Å². The van der Waals surface area contributed by atoms with E-state index < -0.39 is 0 Å². The van der Waals surface area contributed by atoms with Crippen molar-refractivity contribution in [3.05, 3.63) is 59.2 Å². The minimum Gasteiger partial charge on any atom is -0.353 e. The number of hydrogen-bond donors (Lipinski definition) is 1. The Bertz CT molecular complexity index is 920. The zero-order chi connectivity index (χ0) is 21.1. The number of aromatic nitrogens is 2. The number of aryl methyl sites for hydroxylation is 2. The Balaban J connectivity index is 1.30. The molecule has 158 valence electrons. The van der Waals surface area contributed by atoms with E-state index in [0.717, 1.165) is 56.5 Å². The summed E-state index contributed by atoms with van der Waals surface area (Å²) in [6, 6.07) is 10.4. The normalized spacial score (nSPS) is 19.9. The fourth-order valence-electron chi connectivity index (χ4n) is 4.75. The standard InChI is InChI=1S/C24H30N4O2/c1-17-18(2)25-16-26-22(17)23(30)28-14-12-24(13-15-28)11-10-20(24)27-21(29)9-8-19-6-4-3-5-7-19/h3-7,16,20H,8-15H2,1-2H3,(H,27,29). The summed E-state index contributed by atoms with van der Waals surface area (Å²) in [6.45, 7) is 5.24. The summed E-state index contributed by atoms with van der Waals surface area (Å²) in [5.41, 5.74) is 3.56. The van der Waals surface area contributed by atoms with Gasteiger partial charge in [0.05, 0.1) is 0 Å². The first-order valence-corrected chi connectivity index (χ1v) is 10.9. The van der Waals surface area contributed by atoms with Crippen LogP contribution in [0.15, 0.2) is 36.7 Å². The molecule has 1 unspecified atom stereocenters. The van der Waals surface area contributed by atoms with Gasteiger partial charge in [0, 0.05) is 36.8 Å². The van der Waals surface area contributed by atoms with E-state index in [1.165, 1.54) is 11.9 Å². The zero-order valence-corrected chi connectivity index (χ0v) is 17.9. The molecule has 1 atom stereocenters. The summed E-state index contributed by atoms with van der Waals surface area (Å²) >= 11 is 0. The number of benzene rings is 1. The molecule has 0 radical (unpaired) electrons. The van der Waals surface area contributed by atoms with Gasteiger partial charge in [-0.3, -0.25) is 9.59 Å². The summed E-state index contributed by atoms with van der Waals surface area (Å²) in [6.07, 6.45) is 6.80. The lowest BCUT2D eigenvalue weighted by Crippen LogP contribution is -2.59. The molecule has 2 heterocycles. The molecular weight excluding hydrogens is 376 g/mol. The average Bonchev–Trinajstić information content (AvgIpc) is 2.77. The molecule has 4 rings (SSSR count). The highest BCUT2D eigenvalue weighted by Gasteiger charge is 2.49.